The number of pyridine rings is 1. The van der Waals surface area contributed by atoms with E-state index in [0.29, 0.717) is 0 Å². The number of fused-ring (bicyclic) bond motifs is 3. The maximum Gasteiger partial charge on any atom is 0.263 e. The Hall–Kier alpha value is -2.43. The molecule has 0 unspecified atom stereocenters. The number of hydrogen-bond acceptors (Lipinski definition) is 3. The van der Waals surface area contributed by atoms with Crippen molar-refractivity contribution in [3.63, 3.8) is 0 Å². The van der Waals surface area contributed by atoms with E-state index in [1.807, 2.05) is 0 Å². The van der Waals surface area contributed by atoms with Gasteiger partial charge in [0.25, 0.3) is 5.56 Å². The number of rotatable bonds is 2. The van der Waals surface area contributed by atoms with E-state index in [-0.39, 0.29) is 28.8 Å². The number of halogens is 1. The predicted octanol–water partition coefficient (Wildman–Crippen LogP) is 3.13. The Labute approximate surface area is 132 Å². The molecule has 1 aromatic heterocycles. The van der Waals surface area contributed by atoms with Gasteiger partial charge in [0.15, 0.2) is 5.78 Å². The molecule has 23 heavy (non-hydrogen) atoms. The first kappa shape index (κ1) is 14.2. The van der Waals surface area contributed by atoms with Gasteiger partial charge in [-0.2, -0.15) is 0 Å². The fraction of sp³-hybridized carbons (Fsp3) is 0.333. The average Bonchev–Trinajstić information content (AvgIpc) is 2.94. The van der Waals surface area contributed by atoms with Crippen molar-refractivity contribution < 1.29 is 9.18 Å². The Kier molecular flexibility index (Phi) is 3.29. The normalized spacial score (nSPS) is 22.1. The number of anilines is 1. The molecular weight excluding hydrogens is 295 g/mol. The van der Waals surface area contributed by atoms with Gasteiger partial charge >= 0.3 is 0 Å². The van der Waals surface area contributed by atoms with Crippen molar-refractivity contribution in [3.8, 4) is 0 Å². The first-order chi connectivity index (χ1) is 11.1. The molecule has 1 aliphatic heterocycles. The highest BCUT2D eigenvalue weighted by Crippen LogP contribution is 2.36. The van der Waals surface area contributed by atoms with Crippen LogP contribution in [0.2, 0.25) is 0 Å². The molecule has 1 fully saturated rings. The molecule has 1 saturated carbocycles. The van der Waals surface area contributed by atoms with Gasteiger partial charge in [-0.15, -0.1) is 0 Å². The van der Waals surface area contributed by atoms with E-state index in [1.165, 1.54) is 24.3 Å². The minimum atomic E-state index is -0.480. The molecule has 0 saturated heterocycles. The van der Waals surface area contributed by atoms with Crippen LogP contribution in [0.4, 0.5) is 10.2 Å². The number of nitrogens with zero attached hydrogens (tertiary/aromatic N) is 1. The van der Waals surface area contributed by atoms with E-state index in [2.05, 4.69) is 5.32 Å². The molecule has 1 aliphatic carbocycles. The van der Waals surface area contributed by atoms with Gasteiger partial charge in [0.05, 0.1) is 11.6 Å². The third-order valence-electron chi connectivity index (χ3n) is 4.84. The van der Waals surface area contributed by atoms with E-state index in [9.17, 15) is 14.0 Å². The molecule has 1 N–H and O–H groups in total. The second kappa shape index (κ2) is 5.33. The molecular formula is C18H17FN2O2. The Morgan fingerprint density at radius 1 is 1.17 bits per heavy atom. The number of hydrogen-bond donors (Lipinski definition) is 1. The van der Waals surface area contributed by atoms with Gasteiger partial charge in [-0.05, 0) is 37.1 Å². The largest absolute Gasteiger partial charge is 0.367 e. The fourth-order valence-electron chi connectivity index (χ4n) is 3.74. The van der Waals surface area contributed by atoms with E-state index in [0.717, 1.165) is 31.5 Å². The lowest BCUT2D eigenvalue weighted by atomic mass is 9.91. The summed E-state index contributed by atoms with van der Waals surface area (Å²) in [5.41, 5.74) is 0.0276. The number of nitrogens with one attached hydrogen (secondary N) is 1. The number of benzene rings is 1. The first-order valence-electron chi connectivity index (χ1n) is 7.97. The summed E-state index contributed by atoms with van der Waals surface area (Å²) in [5, 5.41) is 3.38. The zero-order valence-electron chi connectivity index (χ0n) is 12.6. The summed E-state index contributed by atoms with van der Waals surface area (Å²) >= 11 is 0. The Bertz CT molecular complexity index is 843. The second-order valence-electron chi connectivity index (χ2n) is 6.25. The van der Waals surface area contributed by atoms with Crippen molar-refractivity contribution >= 4 is 11.6 Å². The Balaban J connectivity index is 1.78. The summed E-state index contributed by atoms with van der Waals surface area (Å²) in [7, 11) is 0. The summed E-state index contributed by atoms with van der Waals surface area (Å²) in [4.78, 5) is 25.4. The van der Waals surface area contributed by atoms with Crippen molar-refractivity contribution in [2.75, 3.05) is 5.32 Å². The molecule has 0 amide bonds. The topological polar surface area (TPSA) is 51.1 Å². The molecule has 2 atom stereocenters. The average molecular weight is 312 g/mol. The summed E-state index contributed by atoms with van der Waals surface area (Å²) < 4.78 is 15.1. The molecule has 4 rings (SSSR count). The Morgan fingerprint density at radius 2 is 2.00 bits per heavy atom. The predicted molar refractivity (Wildman–Crippen MR) is 85.5 cm³/mol. The zero-order chi connectivity index (χ0) is 16.0. The van der Waals surface area contributed by atoms with Gasteiger partial charge < -0.3 is 5.32 Å². The third-order valence-corrected chi connectivity index (χ3v) is 4.84. The molecule has 2 aromatic rings. The highest BCUT2D eigenvalue weighted by molar-refractivity contribution is 6.08. The second-order valence-corrected chi connectivity index (χ2v) is 6.25. The van der Waals surface area contributed by atoms with Crippen LogP contribution in [0.5, 0.6) is 0 Å². The summed E-state index contributed by atoms with van der Waals surface area (Å²) in [5.74, 6) is -0.127. The van der Waals surface area contributed by atoms with Crippen LogP contribution >= 0.6 is 0 Å². The highest BCUT2D eigenvalue weighted by atomic mass is 19.1. The maximum absolute atomic E-state index is 13.3. The van der Waals surface area contributed by atoms with Gasteiger partial charge in [-0.3, -0.25) is 14.2 Å². The lowest BCUT2D eigenvalue weighted by Crippen LogP contribution is -2.32. The minimum absolute atomic E-state index is 0.104. The molecule has 0 spiro atoms. The van der Waals surface area contributed by atoms with E-state index in [1.54, 1.807) is 16.7 Å². The molecule has 4 nitrogen and oxygen atoms in total. The first-order valence-corrected chi connectivity index (χ1v) is 7.97. The molecule has 2 aliphatic rings. The SMILES string of the molecule is O=C(c1cccc(F)c1)c1ccc2n(c1=O)[C@H]1CCCC[C@@H]1N2. The number of aromatic nitrogens is 1. The summed E-state index contributed by atoms with van der Waals surface area (Å²) in [6, 6.07) is 9.18. The van der Waals surface area contributed by atoms with Crippen LogP contribution in [0.1, 0.15) is 47.6 Å². The van der Waals surface area contributed by atoms with Crippen LogP contribution in [0.25, 0.3) is 0 Å². The smallest absolute Gasteiger partial charge is 0.263 e. The van der Waals surface area contributed by atoms with Crippen molar-refractivity contribution in [2.24, 2.45) is 0 Å². The molecule has 0 bridgehead atoms. The van der Waals surface area contributed by atoms with Crippen LogP contribution < -0.4 is 10.9 Å². The van der Waals surface area contributed by atoms with Crippen molar-refractivity contribution in [3.05, 3.63) is 63.7 Å². The van der Waals surface area contributed by atoms with Crippen LogP contribution in [-0.2, 0) is 0 Å². The van der Waals surface area contributed by atoms with Crippen LogP contribution in [-0.4, -0.2) is 16.4 Å². The lowest BCUT2D eigenvalue weighted by molar-refractivity contribution is 0.103. The number of carbonyl (C=O) groups excluding carboxylic acids is 1. The van der Waals surface area contributed by atoms with Crippen molar-refractivity contribution in [1.29, 1.82) is 0 Å². The molecule has 2 heterocycles. The van der Waals surface area contributed by atoms with E-state index in [4.69, 9.17) is 0 Å². The lowest BCUT2D eigenvalue weighted by Gasteiger charge is -2.25. The van der Waals surface area contributed by atoms with Crippen LogP contribution in [0.15, 0.2) is 41.2 Å². The van der Waals surface area contributed by atoms with Crippen LogP contribution in [0, 0.1) is 5.82 Å². The zero-order valence-corrected chi connectivity index (χ0v) is 12.6. The fourth-order valence-corrected chi connectivity index (χ4v) is 3.74. The van der Waals surface area contributed by atoms with Crippen LogP contribution in [0.3, 0.4) is 0 Å². The van der Waals surface area contributed by atoms with Gasteiger partial charge in [0.2, 0.25) is 0 Å². The number of ketones is 1. The van der Waals surface area contributed by atoms with Gasteiger partial charge in [-0.1, -0.05) is 25.0 Å². The third kappa shape index (κ3) is 2.27. The highest BCUT2D eigenvalue weighted by Gasteiger charge is 2.35. The molecule has 118 valence electrons. The van der Waals surface area contributed by atoms with E-state index >= 15 is 0 Å². The van der Waals surface area contributed by atoms with Gasteiger partial charge in [-0.25, -0.2) is 4.39 Å². The van der Waals surface area contributed by atoms with E-state index < -0.39 is 11.6 Å². The van der Waals surface area contributed by atoms with Gasteiger partial charge in [0, 0.05) is 11.6 Å². The quantitative estimate of drug-likeness (QED) is 0.867. The summed E-state index contributed by atoms with van der Waals surface area (Å²) in [6.07, 6.45) is 4.24. The molecule has 0 radical (unpaired) electrons. The molecule has 1 aromatic carbocycles. The minimum Gasteiger partial charge on any atom is -0.367 e. The monoisotopic (exact) mass is 312 g/mol. The Morgan fingerprint density at radius 3 is 2.83 bits per heavy atom. The van der Waals surface area contributed by atoms with Crippen molar-refractivity contribution in [1.82, 2.24) is 4.57 Å². The summed E-state index contributed by atoms with van der Waals surface area (Å²) in [6.45, 7) is 0. The standard InChI is InChI=1S/C18H17FN2O2/c19-12-5-3-4-11(10-12)17(22)13-8-9-16-20-14-6-1-2-7-15(14)21(16)18(13)23/h3-5,8-10,14-15,20H,1-2,6-7H2/t14-,15-/m0/s1. The van der Waals surface area contributed by atoms with Gasteiger partial charge in [0.1, 0.15) is 11.6 Å². The number of carbonyl (C=O) groups is 1. The maximum atomic E-state index is 13.3. The van der Waals surface area contributed by atoms with Crippen molar-refractivity contribution in [2.45, 2.75) is 37.8 Å². The molecule has 5 heteroatoms.